The number of fused-ring (bicyclic) bond motifs is 1. The largest absolute Gasteiger partial charge is 0.493 e. The van der Waals surface area contributed by atoms with Crippen molar-refractivity contribution in [2.75, 3.05) is 33.2 Å². The number of nitrogens with one attached hydrogen (secondary N) is 1. The molecule has 8 nitrogen and oxygen atoms in total. The van der Waals surface area contributed by atoms with Gasteiger partial charge >= 0.3 is 0 Å². The quantitative estimate of drug-likeness (QED) is 0.422. The fourth-order valence-electron chi connectivity index (χ4n) is 3.17. The number of anilines is 1. The summed E-state index contributed by atoms with van der Waals surface area (Å²) in [5, 5.41) is 7.88. The van der Waals surface area contributed by atoms with Crippen LogP contribution in [-0.4, -0.2) is 51.8 Å². The van der Waals surface area contributed by atoms with Crippen LogP contribution in [0.15, 0.2) is 18.5 Å². The summed E-state index contributed by atoms with van der Waals surface area (Å²) in [6.07, 6.45) is 2.12. The Kier molecular flexibility index (Phi) is 5.27. The van der Waals surface area contributed by atoms with Crippen LogP contribution >= 0.6 is 34.8 Å². The van der Waals surface area contributed by atoms with Crippen LogP contribution in [0, 0.1) is 5.92 Å². The van der Waals surface area contributed by atoms with E-state index >= 15 is 0 Å². The molecule has 0 aliphatic heterocycles. The monoisotopic (exact) mass is 457 g/mol. The third kappa shape index (κ3) is 3.60. The molecule has 11 heteroatoms. The molecule has 29 heavy (non-hydrogen) atoms. The summed E-state index contributed by atoms with van der Waals surface area (Å²) < 4.78 is 17.2. The molecule has 1 saturated carbocycles. The van der Waals surface area contributed by atoms with Crippen molar-refractivity contribution in [3.8, 4) is 28.4 Å². The molecule has 2 aromatic heterocycles. The number of hydrogen-bond donors (Lipinski definition) is 1. The first kappa shape index (κ1) is 20.1. The van der Waals surface area contributed by atoms with E-state index < -0.39 is 4.33 Å². The van der Waals surface area contributed by atoms with Crippen molar-refractivity contribution < 1.29 is 14.2 Å². The highest BCUT2D eigenvalue weighted by Gasteiger charge is 2.51. The third-order valence-electron chi connectivity index (χ3n) is 4.81. The Labute approximate surface area is 182 Å². The molecule has 0 amide bonds. The van der Waals surface area contributed by atoms with Gasteiger partial charge in [0.1, 0.15) is 21.6 Å². The SMILES string of the molecule is COc1cc(-c2c(Cl)nc3ncnn3c2NCC2CC2(Cl)Cl)cc(OC)c1OC. The molecule has 0 spiro atoms. The lowest BCUT2D eigenvalue weighted by atomic mass is 10.1. The van der Waals surface area contributed by atoms with Crippen molar-refractivity contribution in [1.82, 2.24) is 19.6 Å². The minimum atomic E-state index is -0.710. The number of methoxy groups -OCH3 is 3. The molecule has 0 radical (unpaired) electrons. The first-order valence-electron chi connectivity index (χ1n) is 8.71. The smallest absolute Gasteiger partial charge is 0.255 e. The molecule has 0 saturated heterocycles. The lowest BCUT2D eigenvalue weighted by Crippen LogP contribution is -2.13. The standard InChI is InChI=1S/C18H18Cl3N5O3/c1-27-11-4-9(5-12(28-2)14(11)29-3)13-15(19)25-17-23-8-24-26(17)16(13)22-7-10-6-18(10,20)21/h4-5,8,10,22H,6-7H2,1-3H3. The Morgan fingerprint density at radius 2 is 1.83 bits per heavy atom. The average Bonchev–Trinajstić information content (AvgIpc) is 3.08. The first-order valence-corrected chi connectivity index (χ1v) is 9.84. The number of rotatable bonds is 7. The van der Waals surface area contributed by atoms with Crippen molar-refractivity contribution in [3.63, 3.8) is 0 Å². The Morgan fingerprint density at radius 1 is 1.17 bits per heavy atom. The van der Waals surface area contributed by atoms with Gasteiger partial charge in [0.2, 0.25) is 5.75 Å². The number of alkyl halides is 2. The molecule has 2 heterocycles. The fraction of sp³-hybridized carbons (Fsp3) is 0.389. The second kappa shape index (κ2) is 7.59. The lowest BCUT2D eigenvalue weighted by Gasteiger charge is -2.18. The predicted octanol–water partition coefficient (Wildman–Crippen LogP) is 4.08. The summed E-state index contributed by atoms with van der Waals surface area (Å²) in [6.45, 7) is 0.541. The van der Waals surface area contributed by atoms with Gasteiger partial charge in [-0.05, 0) is 24.1 Å². The molecule has 1 aromatic carbocycles. The maximum absolute atomic E-state index is 6.55. The van der Waals surface area contributed by atoms with Crippen LogP contribution in [0.25, 0.3) is 16.9 Å². The summed E-state index contributed by atoms with van der Waals surface area (Å²) in [6, 6.07) is 3.59. The second-order valence-corrected chi connectivity index (χ2v) is 8.46. The molecule has 1 atom stereocenters. The molecule has 154 valence electrons. The van der Waals surface area contributed by atoms with Crippen LogP contribution in [-0.2, 0) is 0 Å². The molecule has 0 bridgehead atoms. The molecule has 3 aromatic rings. The molecule has 1 N–H and O–H groups in total. The highest BCUT2D eigenvalue weighted by molar-refractivity contribution is 6.50. The van der Waals surface area contributed by atoms with E-state index in [-0.39, 0.29) is 11.1 Å². The minimum absolute atomic E-state index is 0.115. The summed E-state index contributed by atoms with van der Waals surface area (Å²) >= 11 is 18.9. The average molecular weight is 459 g/mol. The van der Waals surface area contributed by atoms with Crippen LogP contribution in [0.4, 0.5) is 5.82 Å². The van der Waals surface area contributed by atoms with Crippen LogP contribution in [0.1, 0.15) is 6.42 Å². The van der Waals surface area contributed by atoms with E-state index in [4.69, 9.17) is 49.0 Å². The molecule has 1 unspecified atom stereocenters. The zero-order valence-electron chi connectivity index (χ0n) is 15.9. The van der Waals surface area contributed by atoms with Gasteiger partial charge in [-0.1, -0.05) is 11.6 Å². The minimum Gasteiger partial charge on any atom is -0.493 e. The molecule has 1 aliphatic rings. The zero-order chi connectivity index (χ0) is 20.8. The molecular weight excluding hydrogens is 441 g/mol. The topological polar surface area (TPSA) is 82.8 Å². The predicted molar refractivity (Wildman–Crippen MR) is 112 cm³/mol. The zero-order valence-corrected chi connectivity index (χ0v) is 18.1. The number of hydrogen-bond acceptors (Lipinski definition) is 7. The van der Waals surface area contributed by atoms with E-state index in [9.17, 15) is 0 Å². The van der Waals surface area contributed by atoms with E-state index in [0.717, 1.165) is 0 Å². The molecular formula is C18H18Cl3N5O3. The molecule has 1 aliphatic carbocycles. The van der Waals surface area contributed by atoms with Gasteiger partial charge in [-0.25, -0.2) is 0 Å². The van der Waals surface area contributed by atoms with E-state index in [1.165, 1.54) is 6.33 Å². The van der Waals surface area contributed by atoms with Crippen molar-refractivity contribution in [2.45, 2.75) is 10.8 Å². The number of ether oxygens (including phenoxy) is 3. The normalized spacial score (nSPS) is 17.2. The van der Waals surface area contributed by atoms with E-state index in [1.54, 1.807) is 38.0 Å². The molecule has 1 fully saturated rings. The molecule has 4 rings (SSSR count). The van der Waals surface area contributed by atoms with E-state index in [2.05, 4.69) is 20.4 Å². The van der Waals surface area contributed by atoms with E-state index in [0.29, 0.717) is 52.9 Å². The van der Waals surface area contributed by atoms with Gasteiger partial charge in [0, 0.05) is 12.5 Å². The Balaban J connectivity index is 1.86. The van der Waals surface area contributed by atoms with Gasteiger partial charge in [0.15, 0.2) is 11.5 Å². The first-order chi connectivity index (χ1) is 13.9. The van der Waals surface area contributed by atoms with Crippen molar-refractivity contribution in [2.24, 2.45) is 5.92 Å². The van der Waals surface area contributed by atoms with Gasteiger partial charge in [-0.2, -0.15) is 19.6 Å². The van der Waals surface area contributed by atoms with Crippen molar-refractivity contribution >= 4 is 46.4 Å². The van der Waals surface area contributed by atoms with Gasteiger partial charge in [0.05, 0.1) is 26.9 Å². The van der Waals surface area contributed by atoms with Crippen LogP contribution < -0.4 is 19.5 Å². The number of halogens is 3. The maximum atomic E-state index is 6.55. The summed E-state index contributed by atoms with van der Waals surface area (Å²) in [5.74, 6) is 2.56. The highest BCUT2D eigenvalue weighted by atomic mass is 35.5. The van der Waals surface area contributed by atoms with E-state index in [1.807, 2.05) is 0 Å². The number of benzene rings is 1. The summed E-state index contributed by atoms with van der Waals surface area (Å²) in [5.41, 5.74) is 1.31. The Hall–Kier alpha value is -2.16. The maximum Gasteiger partial charge on any atom is 0.255 e. The Morgan fingerprint density at radius 3 is 2.38 bits per heavy atom. The van der Waals surface area contributed by atoms with Gasteiger partial charge < -0.3 is 19.5 Å². The Bertz CT molecular complexity index is 1050. The number of aromatic nitrogens is 4. The van der Waals surface area contributed by atoms with Gasteiger partial charge in [0.25, 0.3) is 5.78 Å². The number of nitrogens with zero attached hydrogens (tertiary/aromatic N) is 4. The van der Waals surface area contributed by atoms with Gasteiger partial charge in [-0.3, -0.25) is 0 Å². The van der Waals surface area contributed by atoms with Crippen LogP contribution in [0.5, 0.6) is 17.2 Å². The van der Waals surface area contributed by atoms with Crippen LogP contribution in [0.2, 0.25) is 5.15 Å². The second-order valence-electron chi connectivity index (χ2n) is 6.56. The van der Waals surface area contributed by atoms with Crippen LogP contribution in [0.3, 0.4) is 0 Å². The highest BCUT2D eigenvalue weighted by Crippen LogP contribution is 2.53. The summed E-state index contributed by atoms with van der Waals surface area (Å²) in [4.78, 5) is 8.48. The fourth-order valence-corrected chi connectivity index (χ4v) is 3.97. The lowest BCUT2D eigenvalue weighted by molar-refractivity contribution is 0.324. The summed E-state index contributed by atoms with van der Waals surface area (Å²) in [7, 11) is 4.64. The van der Waals surface area contributed by atoms with Crippen molar-refractivity contribution in [3.05, 3.63) is 23.6 Å². The van der Waals surface area contributed by atoms with Gasteiger partial charge in [-0.15, -0.1) is 23.2 Å². The third-order valence-corrected chi connectivity index (χ3v) is 6.01. The van der Waals surface area contributed by atoms with Crippen molar-refractivity contribution in [1.29, 1.82) is 0 Å².